The molecule has 1 saturated heterocycles. The number of nitrogens with zero attached hydrogens (tertiary/aromatic N) is 3. The van der Waals surface area contributed by atoms with E-state index in [2.05, 4.69) is 30.9 Å². The molecule has 1 fully saturated rings. The van der Waals surface area contributed by atoms with E-state index in [1.165, 1.54) is 5.56 Å². The van der Waals surface area contributed by atoms with Gasteiger partial charge in [-0.1, -0.05) is 23.5 Å². The number of aryl methyl sites for hydroxylation is 2. The van der Waals surface area contributed by atoms with Gasteiger partial charge in [0.1, 0.15) is 0 Å². The van der Waals surface area contributed by atoms with E-state index in [0.29, 0.717) is 36.8 Å². The van der Waals surface area contributed by atoms with E-state index in [1.807, 2.05) is 30.9 Å². The molecule has 8 heteroatoms. The van der Waals surface area contributed by atoms with Crippen LogP contribution in [0.5, 0.6) is 11.5 Å². The van der Waals surface area contributed by atoms with Crippen molar-refractivity contribution >= 4 is 32.6 Å². The normalized spacial score (nSPS) is 14.3. The molecule has 0 spiro atoms. The van der Waals surface area contributed by atoms with E-state index >= 15 is 0 Å². The fraction of sp³-hybridized carbons (Fsp3) is 0.481. The van der Waals surface area contributed by atoms with Crippen LogP contribution in [0.1, 0.15) is 41.8 Å². The summed E-state index contributed by atoms with van der Waals surface area (Å²) in [5.41, 5.74) is 3.83. The third-order valence-corrected chi connectivity index (χ3v) is 7.37. The summed E-state index contributed by atoms with van der Waals surface area (Å²) in [6, 6.07) is 9.63. The Morgan fingerprint density at radius 1 is 1.06 bits per heavy atom. The number of aromatic nitrogens is 1. The predicted molar refractivity (Wildman–Crippen MR) is 141 cm³/mol. The average molecular weight is 498 g/mol. The maximum atomic E-state index is 13.9. The van der Waals surface area contributed by atoms with Crippen molar-refractivity contribution < 1.29 is 19.0 Å². The van der Waals surface area contributed by atoms with Crippen LogP contribution in [-0.4, -0.2) is 68.4 Å². The van der Waals surface area contributed by atoms with Crippen molar-refractivity contribution in [3.05, 3.63) is 47.0 Å². The minimum absolute atomic E-state index is 0.0784. The van der Waals surface area contributed by atoms with Gasteiger partial charge in [0.05, 0.1) is 36.6 Å². The summed E-state index contributed by atoms with van der Waals surface area (Å²) in [6.45, 7) is 14.0. The molecule has 35 heavy (non-hydrogen) atoms. The van der Waals surface area contributed by atoms with E-state index in [9.17, 15) is 4.79 Å². The van der Waals surface area contributed by atoms with Crippen molar-refractivity contribution in [3.8, 4) is 11.5 Å². The number of thiazole rings is 1. The van der Waals surface area contributed by atoms with Crippen LogP contribution in [0.25, 0.3) is 10.2 Å². The zero-order chi connectivity index (χ0) is 24.8. The lowest BCUT2D eigenvalue weighted by molar-refractivity contribution is 0.0376. The van der Waals surface area contributed by atoms with Gasteiger partial charge >= 0.3 is 0 Å². The standard InChI is InChI=1S/C27H35N3O4S/c1-5-33-22-11-10-21(18-23(22)34-6-2)26(31)30(13-7-12-29-14-16-32-17-15-29)27-28-24-19(3)8-9-20(4)25(24)35-27/h8-11,18H,5-7,12-17H2,1-4H3. The van der Waals surface area contributed by atoms with E-state index in [0.717, 1.165) is 60.2 Å². The largest absolute Gasteiger partial charge is 0.490 e. The van der Waals surface area contributed by atoms with Crippen LogP contribution in [-0.2, 0) is 4.74 Å². The maximum Gasteiger partial charge on any atom is 0.260 e. The summed E-state index contributed by atoms with van der Waals surface area (Å²) in [4.78, 5) is 23.0. The number of carbonyl (C=O) groups excluding carboxylic acids is 1. The lowest BCUT2D eigenvalue weighted by atomic mass is 10.1. The molecule has 188 valence electrons. The Morgan fingerprint density at radius 3 is 2.49 bits per heavy atom. The fourth-order valence-corrected chi connectivity index (χ4v) is 5.40. The van der Waals surface area contributed by atoms with Gasteiger partial charge in [-0.15, -0.1) is 0 Å². The van der Waals surface area contributed by atoms with Crippen molar-refractivity contribution in [1.29, 1.82) is 0 Å². The van der Waals surface area contributed by atoms with Crippen LogP contribution < -0.4 is 14.4 Å². The Kier molecular flexibility index (Phi) is 8.59. The second-order valence-corrected chi connectivity index (χ2v) is 9.64. The molecule has 0 N–H and O–H groups in total. The molecule has 0 saturated carbocycles. The second kappa shape index (κ2) is 11.8. The Bertz CT molecular complexity index is 1120. The first-order chi connectivity index (χ1) is 17.0. The first-order valence-corrected chi connectivity index (χ1v) is 13.2. The van der Waals surface area contributed by atoms with Crippen molar-refractivity contribution in [2.75, 3.05) is 57.5 Å². The van der Waals surface area contributed by atoms with Crippen LogP contribution in [0, 0.1) is 13.8 Å². The molecule has 0 bridgehead atoms. The number of morpholine rings is 1. The Balaban J connectivity index is 1.64. The lowest BCUT2D eigenvalue weighted by Crippen LogP contribution is -2.39. The summed E-state index contributed by atoms with van der Waals surface area (Å²) in [6.07, 6.45) is 0.856. The smallest absolute Gasteiger partial charge is 0.260 e. The molecular weight excluding hydrogens is 462 g/mol. The predicted octanol–water partition coefficient (Wildman–Crippen LogP) is 5.08. The van der Waals surface area contributed by atoms with Crippen molar-refractivity contribution in [2.45, 2.75) is 34.1 Å². The summed E-state index contributed by atoms with van der Waals surface area (Å²) in [7, 11) is 0. The van der Waals surface area contributed by atoms with Gasteiger partial charge in [0.15, 0.2) is 16.6 Å². The van der Waals surface area contributed by atoms with E-state index in [4.69, 9.17) is 19.2 Å². The molecule has 1 aliphatic heterocycles. The van der Waals surface area contributed by atoms with Gasteiger partial charge < -0.3 is 14.2 Å². The first kappa shape index (κ1) is 25.4. The minimum atomic E-state index is -0.0784. The van der Waals surface area contributed by atoms with E-state index in [-0.39, 0.29) is 5.91 Å². The van der Waals surface area contributed by atoms with E-state index in [1.54, 1.807) is 17.4 Å². The number of fused-ring (bicyclic) bond motifs is 1. The van der Waals surface area contributed by atoms with Crippen LogP contribution in [0.4, 0.5) is 5.13 Å². The van der Waals surface area contributed by atoms with Gasteiger partial charge in [-0.25, -0.2) is 4.98 Å². The van der Waals surface area contributed by atoms with Crippen LogP contribution in [0.15, 0.2) is 30.3 Å². The molecule has 1 aromatic heterocycles. The number of hydrogen-bond acceptors (Lipinski definition) is 7. The van der Waals surface area contributed by atoms with Gasteiger partial charge in [-0.05, 0) is 63.4 Å². The van der Waals surface area contributed by atoms with Crippen molar-refractivity contribution in [2.24, 2.45) is 0 Å². The number of rotatable bonds is 10. The molecule has 2 heterocycles. The topological polar surface area (TPSA) is 64.1 Å². The van der Waals surface area contributed by atoms with Crippen LogP contribution in [0.2, 0.25) is 0 Å². The Labute approximate surface area is 211 Å². The highest BCUT2D eigenvalue weighted by Gasteiger charge is 2.24. The zero-order valence-corrected chi connectivity index (χ0v) is 22.0. The number of anilines is 1. The molecule has 1 aliphatic rings. The van der Waals surface area contributed by atoms with Gasteiger partial charge in [0.2, 0.25) is 0 Å². The molecular formula is C27H35N3O4S. The van der Waals surface area contributed by atoms with Crippen molar-refractivity contribution in [1.82, 2.24) is 9.88 Å². The van der Waals surface area contributed by atoms with Gasteiger partial charge in [0, 0.05) is 31.7 Å². The molecule has 1 amide bonds. The highest BCUT2D eigenvalue weighted by Crippen LogP contribution is 2.35. The average Bonchev–Trinajstić information content (AvgIpc) is 3.32. The fourth-order valence-electron chi connectivity index (χ4n) is 4.26. The second-order valence-electron chi connectivity index (χ2n) is 8.67. The minimum Gasteiger partial charge on any atom is -0.490 e. The maximum absolute atomic E-state index is 13.9. The zero-order valence-electron chi connectivity index (χ0n) is 21.1. The van der Waals surface area contributed by atoms with Gasteiger partial charge in [0.25, 0.3) is 5.91 Å². The summed E-state index contributed by atoms with van der Waals surface area (Å²) >= 11 is 1.59. The molecule has 0 radical (unpaired) electrons. The molecule has 2 aromatic carbocycles. The summed E-state index contributed by atoms with van der Waals surface area (Å²) in [5.74, 6) is 1.16. The summed E-state index contributed by atoms with van der Waals surface area (Å²) in [5, 5.41) is 0.733. The molecule has 0 atom stereocenters. The molecule has 4 rings (SSSR count). The quantitative estimate of drug-likeness (QED) is 0.389. The molecule has 0 unspecified atom stereocenters. The number of carbonyl (C=O) groups is 1. The Morgan fingerprint density at radius 2 is 1.77 bits per heavy atom. The first-order valence-electron chi connectivity index (χ1n) is 12.4. The monoisotopic (exact) mass is 497 g/mol. The third-order valence-electron chi connectivity index (χ3n) is 6.16. The van der Waals surface area contributed by atoms with Crippen molar-refractivity contribution in [3.63, 3.8) is 0 Å². The molecule has 7 nitrogen and oxygen atoms in total. The van der Waals surface area contributed by atoms with Crippen LogP contribution in [0.3, 0.4) is 0 Å². The van der Waals surface area contributed by atoms with E-state index < -0.39 is 0 Å². The highest BCUT2D eigenvalue weighted by atomic mass is 32.1. The Hall–Kier alpha value is -2.68. The number of benzene rings is 2. The van der Waals surface area contributed by atoms with Gasteiger partial charge in [-0.3, -0.25) is 14.6 Å². The SMILES string of the molecule is CCOc1ccc(C(=O)N(CCCN2CCOCC2)c2nc3c(C)ccc(C)c3s2)cc1OCC. The lowest BCUT2D eigenvalue weighted by Gasteiger charge is -2.27. The third kappa shape index (κ3) is 5.94. The highest BCUT2D eigenvalue weighted by molar-refractivity contribution is 7.22. The molecule has 0 aliphatic carbocycles. The number of amides is 1. The number of hydrogen-bond donors (Lipinski definition) is 0. The van der Waals surface area contributed by atoms with Gasteiger partial charge in [-0.2, -0.15) is 0 Å². The molecule has 3 aromatic rings. The summed E-state index contributed by atoms with van der Waals surface area (Å²) < 4.78 is 18.1. The number of ether oxygens (including phenoxy) is 3. The van der Waals surface area contributed by atoms with Crippen LogP contribution >= 0.6 is 11.3 Å².